The number of likely N-dealkylation sites (tertiary alicyclic amines) is 1. The summed E-state index contributed by atoms with van der Waals surface area (Å²) in [5.41, 5.74) is 3.76. The van der Waals surface area contributed by atoms with E-state index in [0.29, 0.717) is 5.92 Å². The second-order valence-electron chi connectivity index (χ2n) is 6.33. The van der Waals surface area contributed by atoms with Crippen molar-refractivity contribution in [3.63, 3.8) is 0 Å². The van der Waals surface area contributed by atoms with E-state index in [-0.39, 0.29) is 6.03 Å². The molecular formula is C17H23N5OS. The molecule has 0 saturated carbocycles. The monoisotopic (exact) mass is 345 g/mol. The van der Waals surface area contributed by atoms with Gasteiger partial charge >= 0.3 is 6.03 Å². The Balaban J connectivity index is 1.46. The number of carbonyl (C=O) groups excluding carboxylic acids is 1. The maximum Gasteiger partial charge on any atom is 0.321 e. The number of nitrogens with one attached hydrogen (secondary N) is 1. The Morgan fingerprint density at radius 2 is 2.42 bits per heavy atom. The van der Waals surface area contributed by atoms with Crippen molar-refractivity contribution in [2.24, 2.45) is 5.92 Å². The van der Waals surface area contributed by atoms with Gasteiger partial charge in [-0.3, -0.25) is 4.98 Å². The average molecular weight is 345 g/mol. The Hall–Kier alpha value is -1.99. The number of thiazole rings is 1. The van der Waals surface area contributed by atoms with Gasteiger partial charge in [0.25, 0.3) is 0 Å². The van der Waals surface area contributed by atoms with Crippen molar-refractivity contribution < 1.29 is 4.79 Å². The van der Waals surface area contributed by atoms with Gasteiger partial charge in [0.05, 0.1) is 23.1 Å². The molecule has 0 radical (unpaired) electrons. The van der Waals surface area contributed by atoms with Crippen molar-refractivity contribution in [1.29, 1.82) is 0 Å². The van der Waals surface area contributed by atoms with Crippen LogP contribution in [-0.2, 0) is 6.54 Å². The standard InChI is InChI=1S/C17H23N5OS/c1-13-16(24-12-19-13)11-21(2)9-14-5-7-22(10-14)17(23)20-15-4-3-6-18-8-15/h3-4,6,8,12,14H,5,7,9-11H2,1-2H3,(H,20,23)/t14-/m1/s1. The molecule has 7 heteroatoms. The van der Waals surface area contributed by atoms with Crippen molar-refractivity contribution in [3.05, 3.63) is 40.6 Å². The number of urea groups is 1. The maximum atomic E-state index is 12.3. The van der Waals surface area contributed by atoms with Crippen LogP contribution < -0.4 is 5.32 Å². The normalized spacial score (nSPS) is 17.5. The molecule has 0 spiro atoms. The molecular weight excluding hydrogens is 322 g/mol. The third-order valence-corrected chi connectivity index (χ3v) is 5.23. The molecule has 0 unspecified atom stereocenters. The molecule has 2 amide bonds. The first kappa shape index (κ1) is 16.9. The van der Waals surface area contributed by atoms with Crippen LogP contribution in [0.1, 0.15) is 17.0 Å². The largest absolute Gasteiger partial charge is 0.324 e. The minimum atomic E-state index is -0.0357. The van der Waals surface area contributed by atoms with Gasteiger partial charge in [-0.25, -0.2) is 9.78 Å². The molecule has 0 aromatic carbocycles. The number of anilines is 1. The predicted molar refractivity (Wildman–Crippen MR) is 96.1 cm³/mol. The summed E-state index contributed by atoms with van der Waals surface area (Å²) >= 11 is 1.71. The molecule has 3 rings (SSSR count). The molecule has 0 aliphatic carbocycles. The second-order valence-corrected chi connectivity index (χ2v) is 7.27. The molecule has 1 atom stereocenters. The number of nitrogens with zero attached hydrogens (tertiary/aromatic N) is 4. The minimum Gasteiger partial charge on any atom is -0.324 e. The number of pyridine rings is 1. The molecule has 24 heavy (non-hydrogen) atoms. The summed E-state index contributed by atoms with van der Waals surface area (Å²) in [7, 11) is 2.14. The molecule has 1 aliphatic heterocycles. The first-order valence-electron chi connectivity index (χ1n) is 8.15. The number of carbonyl (C=O) groups is 1. The Morgan fingerprint density at radius 1 is 1.54 bits per heavy atom. The van der Waals surface area contributed by atoms with E-state index in [1.165, 1.54) is 4.88 Å². The Morgan fingerprint density at radius 3 is 3.12 bits per heavy atom. The lowest BCUT2D eigenvalue weighted by atomic mass is 10.1. The lowest BCUT2D eigenvalue weighted by Crippen LogP contribution is -2.34. The molecule has 2 aromatic heterocycles. The Kier molecular flexibility index (Phi) is 5.42. The van der Waals surface area contributed by atoms with Crippen LogP contribution in [0, 0.1) is 12.8 Å². The topological polar surface area (TPSA) is 61.4 Å². The number of rotatable bonds is 5. The molecule has 2 aromatic rings. The SMILES string of the molecule is Cc1ncsc1CN(C)C[C@H]1CCN(C(=O)Nc2cccnc2)C1. The summed E-state index contributed by atoms with van der Waals surface area (Å²) in [5.74, 6) is 0.517. The van der Waals surface area contributed by atoms with E-state index in [1.54, 1.807) is 23.7 Å². The summed E-state index contributed by atoms with van der Waals surface area (Å²) in [6, 6.07) is 3.63. The van der Waals surface area contributed by atoms with Gasteiger partial charge in [0, 0.05) is 37.3 Å². The van der Waals surface area contributed by atoms with Gasteiger partial charge in [0.15, 0.2) is 0 Å². The highest BCUT2D eigenvalue weighted by atomic mass is 32.1. The first-order chi connectivity index (χ1) is 11.6. The van der Waals surface area contributed by atoms with Crippen LogP contribution in [0.5, 0.6) is 0 Å². The van der Waals surface area contributed by atoms with E-state index in [9.17, 15) is 4.79 Å². The van der Waals surface area contributed by atoms with Gasteiger partial charge in [-0.05, 0) is 38.4 Å². The summed E-state index contributed by atoms with van der Waals surface area (Å²) in [6.45, 7) is 5.59. The molecule has 3 heterocycles. The van der Waals surface area contributed by atoms with Crippen molar-refractivity contribution in [1.82, 2.24) is 19.8 Å². The highest BCUT2D eigenvalue weighted by Gasteiger charge is 2.27. The van der Waals surface area contributed by atoms with Crippen LogP contribution >= 0.6 is 11.3 Å². The smallest absolute Gasteiger partial charge is 0.321 e. The van der Waals surface area contributed by atoms with Crippen LogP contribution in [0.25, 0.3) is 0 Å². The molecule has 0 bridgehead atoms. The second kappa shape index (κ2) is 7.72. The summed E-state index contributed by atoms with van der Waals surface area (Å²) in [5, 5.41) is 2.91. The lowest BCUT2D eigenvalue weighted by molar-refractivity contribution is 0.217. The summed E-state index contributed by atoms with van der Waals surface area (Å²) in [6.07, 6.45) is 4.41. The van der Waals surface area contributed by atoms with E-state index >= 15 is 0 Å². The highest BCUT2D eigenvalue weighted by molar-refractivity contribution is 7.09. The average Bonchev–Trinajstić information content (AvgIpc) is 3.18. The quantitative estimate of drug-likeness (QED) is 0.905. The van der Waals surface area contributed by atoms with E-state index in [2.05, 4.69) is 34.2 Å². The maximum absolute atomic E-state index is 12.3. The van der Waals surface area contributed by atoms with Crippen molar-refractivity contribution in [3.8, 4) is 0 Å². The number of hydrogen-bond acceptors (Lipinski definition) is 5. The zero-order valence-electron chi connectivity index (χ0n) is 14.1. The van der Waals surface area contributed by atoms with Gasteiger partial charge in [-0.15, -0.1) is 11.3 Å². The van der Waals surface area contributed by atoms with Crippen molar-refractivity contribution in [2.45, 2.75) is 19.9 Å². The van der Waals surface area contributed by atoms with E-state index < -0.39 is 0 Å². The Bertz CT molecular complexity index is 675. The number of aromatic nitrogens is 2. The number of hydrogen-bond donors (Lipinski definition) is 1. The Labute approximate surface area is 146 Å². The van der Waals surface area contributed by atoms with Crippen LogP contribution in [0.4, 0.5) is 10.5 Å². The molecule has 1 fully saturated rings. The molecule has 1 saturated heterocycles. The zero-order valence-corrected chi connectivity index (χ0v) is 14.9. The van der Waals surface area contributed by atoms with Crippen LogP contribution in [0.15, 0.2) is 30.0 Å². The molecule has 1 aliphatic rings. The van der Waals surface area contributed by atoms with E-state index in [1.807, 2.05) is 22.5 Å². The zero-order chi connectivity index (χ0) is 16.9. The first-order valence-corrected chi connectivity index (χ1v) is 9.03. The summed E-state index contributed by atoms with van der Waals surface area (Å²) < 4.78 is 0. The van der Waals surface area contributed by atoms with Crippen molar-refractivity contribution in [2.75, 3.05) is 32.0 Å². The highest BCUT2D eigenvalue weighted by Crippen LogP contribution is 2.20. The fraction of sp³-hybridized carbons (Fsp3) is 0.471. The summed E-state index contributed by atoms with van der Waals surface area (Å²) in [4.78, 5) is 26.2. The van der Waals surface area contributed by atoms with E-state index in [4.69, 9.17) is 0 Å². The van der Waals surface area contributed by atoms with Gasteiger partial charge in [-0.1, -0.05) is 0 Å². The number of aryl methyl sites for hydroxylation is 1. The lowest BCUT2D eigenvalue weighted by Gasteiger charge is -2.21. The van der Waals surface area contributed by atoms with Crippen LogP contribution in [0.3, 0.4) is 0 Å². The fourth-order valence-corrected chi connectivity index (χ4v) is 3.89. The van der Waals surface area contributed by atoms with Crippen LogP contribution in [0.2, 0.25) is 0 Å². The molecule has 128 valence electrons. The van der Waals surface area contributed by atoms with Gasteiger partial charge in [0.1, 0.15) is 0 Å². The fourth-order valence-electron chi connectivity index (χ4n) is 3.03. The van der Waals surface area contributed by atoms with Gasteiger partial charge in [-0.2, -0.15) is 0 Å². The van der Waals surface area contributed by atoms with Gasteiger partial charge < -0.3 is 15.1 Å². The van der Waals surface area contributed by atoms with Crippen LogP contribution in [-0.4, -0.2) is 52.5 Å². The van der Waals surface area contributed by atoms with Gasteiger partial charge in [0.2, 0.25) is 0 Å². The molecule has 1 N–H and O–H groups in total. The predicted octanol–water partition coefficient (Wildman–Crippen LogP) is 2.83. The van der Waals surface area contributed by atoms with Crippen molar-refractivity contribution >= 4 is 23.1 Å². The number of amides is 2. The minimum absolute atomic E-state index is 0.0357. The molecule has 6 nitrogen and oxygen atoms in total. The van der Waals surface area contributed by atoms with E-state index in [0.717, 1.165) is 44.0 Å². The third kappa shape index (κ3) is 4.30. The third-order valence-electron chi connectivity index (χ3n) is 4.31.